The van der Waals surface area contributed by atoms with Gasteiger partial charge < -0.3 is 5.32 Å². The van der Waals surface area contributed by atoms with Crippen molar-refractivity contribution in [3.63, 3.8) is 0 Å². The van der Waals surface area contributed by atoms with Gasteiger partial charge in [0.05, 0.1) is 38.6 Å². The Labute approximate surface area is 122 Å². The van der Waals surface area contributed by atoms with Crippen LogP contribution in [0.5, 0.6) is 0 Å². The fourth-order valence-electron chi connectivity index (χ4n) is 1.77. The number of benzene rings is 1. The van der Waals surface area contributed by atoms with Crippen molar-refractivity contribution in [1.29, 1.82) is 0 Å². The van der Waals surface area contributed by atoms with E-state index in [2.05, 4.69) is 5.32 Å². The van der Waals surface area contributed by atoms with Crippen molar-refractivity contribution in [3.8, 4) is 0 Å². The second-order valence-corrected chi connectivity index (χ2v) is 6.65. The third kappa shape index (κ3) is 5.50. The third-order valence-corrected chi connectivity index (χ3v) is 5.17. The van der Waals surface area contributed by atoms with Crippen molar-refractivity contribution >= 4 is 16.8 Å². The minimum Gasteiger partial charge on any atom is -0.356 e. The van der Waals surface area contributed by atoms with Gasteiger partial charge in [-0.15, -0.1) is 0 Å². The Morgan fingerprint density at radius 1 is 1.10 bits per heavy atom. The van der Waals surface area contributed by atoms with E-state index >= 15 is 0 Å². The Morgan fingerprint density at radius 2 is 1.70 bits per heavy atom. The van der Waals surface area contributed by atoms with Crippen LogP contribution < -0.4 is 5.32 Å². The number of amides is 1. The van der Waals surface area contributed by atoms with Gasteiger partial charge in [-0.3, -0.25) is 17.3 Å². The molecule has 0 aliphatic carbocycles. The molecular weight excluding hydrogens is 278 g/mol. The van der Waals surface area contributed by atoms with Gasteiger partial charge in [0.15, 0.2) is 0 Å². The quantitative estimate of drug-likeness (QED) is 0.711. The summed E-state index contributed by atoms with van der Waals surface area (Å²) in [5.74, 6) is 0.645. The zero-order valence-corrected chi connectivity index (χ0v) is 13.1. The van der Waals surface area contributed by atoms with Crippen LogP contribution >= 0.6 is 10.9 Å². The van der Waals surface area contributed by atoms with E-state index in [9.17, 15) is 4.79 Å². The van der Waals surface area contributed by atoms with Crippen molar-refractivity contribution in [2.45, 2.75) is 12.8 Å². The molecule has 1 amide bonds. The first-order valence-electron chi connectivity index (χ1n) is 6.44. The molecule has 5 nitrogen and oxygen atoms in total. The summed E-state index contributed by atoms with van der Waals surface area (Å²) in [5.41, 5.74) is 1.01. The van der Waals surface area contributed by atoms with Gasteiger partial charge in [0, 0.05) is 12.3 Å². The molecule has 0 atom stereocenters. The molecule has 0 radical (unpaired) electrons. The second kappa shape index (κ2) is 8.97. The largest absolute Gasteiger partial charge is 0.356 e. The van der Waals surface area contributed by atoms with Crippen molar-refractivity contribution < 1.29 is 17.3 Å². The monoisotopic (exact) mass is 301 g/mol. The van der Waals surface area contributed by atoms with Crippen molar-refractivity contribution in [2.24, 2.45) is 0 Å². The molecule has 114 valence electrons. The molecule has 0 aromatic heterocycles. The highest BCUT2D eigenvalue weighted by Gasteiger charge is 2.22. The summed E-state index contributed by atoms with van der Waals surface area (Å²) in [4.78, 5) is 11.7. The van der Waals surface area contributed by atoms with E-state index in [1.54, 1.807) is 21.3 Å². The summed E-state index contributed by atoms with van der Waals surface area (Å²) in [7, 11) is 2.78. The van der Waals surface area contributed by atoms with Gasteiger partial charge in [-0.1, -0.05) is 30.3 Å². The maximum atomic E-state index is 11.7. The molecule has 0 spiro atoms. The summed E-state index contributed by atoms with van der Waals surface area (Å²) in [6.45, 7) is 0.580. The summed E-state index contributed by atoms with van der Waals surface area (Å²) >= 11 is 0. The van der Waals surface area contributed by atoms with Gasteiger partial charge in [-0.25, -0.2) is 0 Å². The fraction of sp³-hybridized carbons (Fsp3) is 0.500. The van der Waals surface area contributed by atoms with Crippen LogP contribution in [0.25, 0.3) is 0 Å². The van der Waals surface area contributed by atoms with E-state index in [0.29, 0.717) is 18.7 Å². The van der Waals surface area contributed by atoms with Crippen LogP contribution in [0.15, 0.2) is 30.3 Å². The first-order valence-corrected chi connectivity index (χ1v) is 8.02. The normalized spacial score (nSPS) is 12.2. The van der Waals surface area contributed by atoms with Gasteiger partial charge in [0.25, 0.3) is 0 Å². The maximum Gasteiger partial charge on any atom is 0.224 e. The first kappa shape index (κ1) is 17.0. The number of nitrogens with one attached hydrogen (secondary N) is 1. The van der Waals surface area contributed by atoms with Gasteiger partial charge in [-0.05, 0) is 12.0 Å². The van der Waals surface area contributed by atoms with Gasteiger partial charge in [-0.2, -0.15) is 0 Å². The van der Waals surface area contributed by atoms with Crippen LogP contribution in [0.2, 0.25) is 0 Å². The summed E-state index contributed by atoms with van der Waals surface area (Å²) < 4.78 is 15.8. The fourth-order valence-corrected chi connectivity index (χ4v) is 3.18. The number of carbonyl (C=O) groups excluding carboxylic acids is 1. The highest BCUT2D eigenvalue weighted by Crippen LogP contribution is 2.49. The van der Waals surface area contributed by atoms with Gasteiger partial charge >= 0.3 is 0 Å². The van der Waals surface area contributed by atoms with Gasteiger partial charge in [0.2, 0.25) is 5.91 Å². The zero-order valence-electron chi connectivity index (χ0n) is 12.3. The summed E-state index contributed by atoms with van der Waals surface area (Å²) in [6, 6.07) is 9.67. The second-order valence-electron chi connectivity index (χ2n) is 4.13. The SMILES string of the molecule is COS(CCCNC(=O)Cc1ccccc1)(OC)OC. The maximum absolute atomic E-state index is 11.7. The molecule has 0 saturated heterocycles. The lowest BCUT2D eigenvalue weighted by molar-refractivity contribution is -0.120. The molecule has 0 heterocycles. The van der Waals surface area contributed by atoms with E-state index in [-0.39, 0.29) is 5.91 Å². The molecule has 0 unspecified atom stereocenters. The van der Waals surface area contributed by atoms with Crippen molar-refractivity contribution in [2.75, 3.05) is 33.6 Å². The molecule has 1 N–H and O–H groups in total. The van der Waals surface area contributed by atoms with Crippen LogP contribution in [0.3, 0.4) is 0 Å². The molecule has 20 heavy (non-hydrogen) atoms. The van der Waals surface area contributed by atoms with E-state index in [4.69, 9.17) is 12.5 Å². The van der Waals surface area contributed by atoms with Crippen LogP contribution in [0.4, 0.5) is 0 Å². The van der Waals surface area contributed by atoms with E-state index in [1.165, 1.54) is 0 Å². The predicted molar refractivity (Wildman–Crippen MR) is 81.3 cm³/mol. The Balaban J connectivity index is 2.25. The smallest absolute Gasteiger partial charge is 0.224 e. The molecule has 1 aromatic rings. The van der Waals surface area contributed by atoms with E-state index in [1.807, 2.05) is 30.3 Å². The van der Waals surface area contributed by atoms with Crippen LogP contribution in [-0.4, -0.2) is 39.5 Å². The van der Waals surface area contributed by atoms with Crippen LogP contribution in [0.1, 0.15) is 12.0 Å². The number of hydrogen-bond acceptors (Lipinski definition) is 4. The van der Waals surface area contributed by atoms with E-state index < -0.39 is 10.9 Å². The lowest BCUT2D eigenvalue weighted by Gasteiger charge is -2.33. The average Bonchev–Trinajstić information content (AvgIpc) is 2.49. The molecular formula is C14H23NO4S. The molecule has 0 aliphatic heterocycles. The average molecular weight is 301 g/mol. The molecule has 0 aliphatic rings. The summed E-state index contributed by atoms with van der Waals surface area (Å²) in [6.07, 6.45) is 1.14. The molecule has 0 bridgehead atoms. The van der Waals surface area contributed by atoms with E-state index in [0.717, 1.165) is 12.0 Å². The first-order chi connectivity index (χ1) is 9.65. The highest BCUT2D eigenvalue weighted by molar-refractivity contribution is 8.21. The van der Waals surface area contributed by atoms with Crippen molar-refractivity contribution in [3.05, 3.63) is 35.9 Å². The molecule has 1 rings (SSSR count). The number of hydrogen-bond donors (Lipinski definition) is 1. The number of rotatable bonds is 9. The zero-order chi connectivity index (χ0) is 14.8. The minimum atomic E-state index is -1.92. The van der Waals surface area contributed by atoms with Crippen LogP contribution in [0, 0.1) is 0 Å². The molecule has 6 heteroatoms. The van der Waals surface area contributed by atoms with Gasteiger partial charge in [0.1, 0.15) is 0 Å². The lowest BCUT2D eigenvalue weighted by Crippen LogP contribution is -2.27. The molecule has 1 aromatic carbocycles. The predicted octanol–water partition coefficient (Wildman–Crippen LogP) is 2.22. The standard InChI is InChI=1S/C14H23NO4S/c1-17-20(18-2,19-3)11-7-10-15-14(16)12-13-8-5-4-6-9-13/h4-6,8-9H,7,10-12H2,1-3H3,(H,15,16). The molecule has 0 saturated carbocycles. The Morgan fingerprint density at radius 3 is 2.25 bits per heavy atom. The highest BCUT2D eigenvalue weighted by atomic mass is 32.3. The lowest BCUT2D eigenvalue weighted by atomic mass is 10.1. The topological polar surface area (TPSA) is 56.8 Å². The Kier molecular flexibility index (Phi) is 7.61. The Bertz CT molecular complexity index is 387. The minimum absolute atomic E-state index is 0.0176. The Hall–Kier alpha value is -1.08. The summed E-state index contributed by atoms with van der Waals surface area (Å²) in [5, 5.41) is 2.88. The van der Waals surface area contributed by atoms with Crippen LogP contribution in [-0.2, 0) is 23.8 Å². The number of carbonyl (C=O) groups is 1. The third-order valence-electron chi connectivity index (χ3n) is 2.86. The molecule has 0 fully saturated rings. The van der Waals surface area contributed by atoms with Crippen molar-refractivity contribution in [1.82, 2.24) is 5.32 Å².